The van der Waals surface area contributed by atoms with Crippen LogP contribution < -0.4 is 5.69 Å². The predicted molar refractivity (Wildman–Crippen MR) is 71.9 cm³/mol. The van der Waals surface area contributed by atoms with E-state index in [0.29, 0.717) is 6.54 Å². The van der Waals surface area contributed by atoms with Crippen LogP contribution >= 0.6 is 11.3 Å². The SMILES string of the molecule is O=C(Cn1cccnc1=O)N1CCc2sccc2C1. The van der Waals surface area contributed by atoms with Gasteiger partial charge in [-0.05, 0) is 29.5 Å². The van der Waals surface area contributed by atoms with Gasteiger partial charge in [-0.15, -0.1) is 11.3 Å². The van der Waals surface area contributed by atoms with E-state index < -0.39 is 0 Å². The summed E-state index contributed by atoms with van der Waals surface area (Å²) in [5.41, 5.74) is 0.840. The molecule has 2 aromatic rings. The molecule has 0 atom stereocenters. The van der Waals surface area contributed by atoms with Crippen LogP contribution in [-0.2, 0) is 24.3 Å². The van der Waals surface area contributed by atoms with Gasteiger partial charge in [0.25, 0.3) is 0 Å². The molecule has 98 valence electrons. The maximum Gasteiger partial charge on any atom is 0.347 e. The van der Waals surface area contributed by atoms with Crippen LogP contribution in [0, 0.1) is 0 Å². The van der Waals surface area contributed by atoms with Gasteiger partial charge in [0.15, 0.2) is 0 Å². The summed E-state index contributed by atoms with van der Waals surface area (Å²) >= 11 is 1.74. The Morgan fingerprint density at radius 2 is 2.37 bits per heavy atom. The predicted octanol–water partition coefficient (Wildman–Crippen LogP) is 0.890. The number of hydrogen-bond donors (Lipinski definition) is 0. The third-order valence-corrected chi connectivity index (χ3v) is 4.27. The summed E-state index contributed by atoms with van der Waals surface area (Å²) in [4.78, 5) is 30.5. The van der Waals surface area contributed by atoms with Gasteiger partial charge in [-0.25, -0.2) is 9.78 Å². The van der Waals surface area contributed by atoms with Crippen molar-refractivity contribution in [3.63, 3.8) is 0 Å². The highest BCUT2D eigenvalue weighted by Crippen LogP contribution is 2.23. The Balaban J connectivity index is 1.73. The van der Waals surface area contributed by atoms with Crippen LogP contribution in [0.1, 0.15) is 10.4 Å². The largest absolute Gasteiger partial charge is 0.347 e. The van der Waals surface area contributed by atoms with Crippen LogP contribution in [0.4, 0.5) is 0 Å². The number of fused-ring (bicyclic) bond motifs is 1. The molecular weight excluding hydrogens is 262 g/mol. The minimum absolute atomic E-state index is 0.0352. The van der Waals surface area contributed by atoms with Crippen molar-refractivity contribution in [2.24, 2.45) is 0 Å². The minimum Gasteiger partial charge on any atom is -0.336 e. The lowest BCUT2D eigenvalue weighted by atomic mass is 10.1. The number of thiophene rings is 1. The maximum atomic E-state index is 12.2. The van der Waals surface area contributed by atoms with E-state index in [1.165, 1.54) is 21.2 Å². The zero-order chi connectivity index (χ0) is 13.2. The van der Waals surface area contributed by atoms with Crippen molar-refractivity contribution in [2.75, 3.05) is 6.54 Å². The monoisotopic (exact) mass is 275 g/mol. The molecule has 0 aliphatic carbocycles. The third kappa shape index (κ3) is 2.44. The lowest BCUT2D eigenvalue weighted by molar-refractivity contribution is -0.132. The molecule has 2 aromatic heterocycles. The van der Waals surface area contributed by atoms with Crippen LogP contribution in [-0.4, -0.2) is 26.9 Å². The first kappa shape index (κ1) is 12.1. The topological polar surface area (TPSA) is 55.2 Å². The Bertz CT molecular complexity index is 662. The molecule has 19 heavy (non-hydrogen) atoms. The number of aromatic nitrogens is 2. The van der Waals surface area contributed by atoms with Crippen LogP contribution in [0.15, 0.2) is 34.7 Å². The first-order valence-corrected chi connectivity index (χ1v) is 6.96. The number of nitrogens with zero attached hydrogens (tertiary/aromatic N) is 3. The van der Waals surface area contributed by atoms with E-state index in [9.17, 15) is 9.59 Å². The van der Waals surface area contributed by atoms with Gasteiger partial charge in [0.05, 0.1) is 0 Å². The maximum absolute atomic E-state index is 12.2. The van der Waals surface area contributed by atoms with Crippen molar-refractivity contribution in [1.29, 1.82) is 0 Å². The highest BCUT2D eigenvalue weighted by atomic mass is 32.1. The van der Waals surface area contributed by atoms with Gasteiger partial charge in [0.2, 0.25) is 5.91 Å². The van der Waals surface area contributed by atoms with Crippen molar-refractivity contribution in [3.8, 4) is 0 Å². The molecule has 0 bridgehead atoms. The summed E-state index contributed by atoms with van der Waals surface area (Å²) in [6, 6.07) is 3.72. The van der Waals surface area contributed by atoms with E-state index in [2.05, 4.69) is 16.4 Å². The Morgan fingerprint density at radius 1 is 1.47 bits per heavy atom. The first-order valence-electron chi connectivity index (χ1n) is 6.08. The van der Waals surface area contributed by atoms with E-state index in [4.69, 9.17) is 0 Å². The van der Waals surface area contributed by atoms with E-state index in [-0.39, 0.29) is 18.1 Å². The lowest BCUT2D eigenvalue weighted by Gasteiger charge is -2.27. The van der Waals surface area contributed by atoms with E-state index in [1.807, 2.05) is 0 Å². The van der Waals surface area contributed by atoms with Gasteiger partial charge < -0.3 is 4.90 Å². The molecule has 5 nitrogen and oxygen atoms in total. The third-order valence-electron chi connectivity index (χ3n) is 3.25. The summed E-state index contributed by atoms with van der Waals surface area (Å²) < 4.78 is 1.34. The second-order valence-electron chi connectivity index (χ2n) is 4.46. The quantitative estimate of drug-likeness (QED) is 0.818. The molecule has 0 fully saturated rings. The zero-order valence-corrected chi connectivity index (χ0v) is 11.1. The van der Waals surface area contributed by atoms with Crippen LogP contribution in [0.25, 0.3) is 0 Å². The molecule has 0 spiro atoms. The van der Waals surface area contributed by atoms with Gasteiger partial charge >= 0.3 is 5.69 Å². The summed E-state index contributed by atoms with van der Waals surface area (Å²) in [5.74, 6) is -0.0352. The van der Waals surface area contributed by atoms with Crippen molar-refractivity contribution in [3.05, 3.63) is 50.8 Å². The van der Waals surface area contributed by atoms with Crippen molar-refractivity contribution in [2.45, 2.75) is 19.5 Å². The number of carbonyl (C=O) groups is 1. The lowest BCUT2D eigenvalue weighted by Crippen LogP contribution is -2.39. The number of hydrogen-bond acceptors (Lipinski definition) is 4. The fourth-order valence-electron chi connectivity index (χ4n) is 2.21. The van der Waals surface area contributed by atoms with Gasteiger partial charge in [-0.1, -0.05) is 0 Å². The molecule has 0 radical (unpaired) electrons. The average molecular weight is 275 g/mol. The Kier molecular flexibility index (Phi) is 3.16. The van der Waals surface area contributed by atoms with Gasteiger partial charge in [-0.3, -0.25) is 9.36 Å². The summed E-state index contributed by atoms with van der Waals surface area (Å²) in [5, 5.41) is 2.06. The van der Waals surface area contributed by atoms with Gasteiger partial charge in [-0.2, -0.15) is 0 Å². The molecule has 0 saturated carbocycles. The van der Waals surface area contributed by atoms with Crippen LogP contribution in [0.2, 0.25) is 0 Å². The molecular formula is C13H13N3O2S. The van der Waals surface area contributed by atoms with Crippen molar-refractivity contribution >= 4 is 17.2 Å². The summed E-state index contributed by atoms with van der Waals surface area (Å²) in [6.45, 7) is 1.43. The highest BCUT2D eigenvalue weighted by Gasteiger charge is 2.21. The number of rotatable bonds is 2. The molecule has 3 rings (SSSR count). The molecule has 3 heterocycles. The molecule has 1 amide bonds. The molecule has 1 aliphatic heterocycles. The normalized spacial score (nSPS) is 14.2. The first-order chi connectivity index (χ1) is 9.24. The van der Waals surface area contributed by atoms with Crippen LogP contribution in [0.5, 0.6) is 0 Å². The van der Waals surface area contributed by atoms with Crippen LogP contribution in [0.3, 0.4) is 0 Å². The Morgan fingerprint density at radius 3 is 3.21 bits per heavy atom. The molecule has 0 saturated heterocycles. The Hall–Kier alpha value is -1.95. The van der Waals surface area contributed by atoms with E-state index >= 15 is 0 Å². The summed E-state index contributed by atoms with van der Waals surface area (Å²) in [7, 11) is 0. The highest BCUT2D eigenvalue weighted by molar-refractivity contribution is 7.10. The molecule has 0 N–H and O–H groups in total. The smallest absolute Gasteiger partial charge is 0.336 e. The summed E-state index contributed by atoms with van der Waals surface area (Å²) in [6.07, 6.45) is 3.93. The van der Waals surface area contributed by atoms with E-state index in [1.54, 1.807) is 28.5 Å². The standard InChI is InChI=1S/C13H13N3O2S/c17-12(9-16-5-1-4-14-13(16)18)15-6-2-11-10(8-15)3-7-19-11/h1,3-5,7H,2,6,8-9H2. The minimum atomic E-state index is -0.385. The fraction of sp³-hybridized carbons (Fsp3) is 0.308. The van der Waals surface area contributed by atoms with Crippen molar-refractivity contribution < 1.29 is 4.79 Å². The Labute approximate surface area is 114 Å². The molecule has 6 heteroatoms. The number of amides is 1. The van der Waals surface area contributed by atoms with Gasteiger partial charge in [0, 0.05) is 30.4 Å². The molecule has 0 aromatic carbocycles. The second-order valence-corrected chi connectivity index (χ2v) is 5.47. The zero-order valence-electron chi connectivity index (χ0n) is 10.3. The molecule has 1 aliphatic rings. The number of carbonyl (C=O) groups excluding carboxylic acids is 1. The fourth-order valence-corrected chi connectivity index (χ4v) is 3.10. The van der Waals surface area contributed by atoms with Gasteiger partial charge in [0.1, 0.15) is 6.54 Å². The van der Waals surface area contributed by atoms with E-state index in [0.717, 1.165) is 13.0 Å². The average Bonchev–Trinajstić information content (AvgIpc) is 2.88. The molecule has 0 unspecified atom stereocenters. The van der Waals surface area contributed by atoms with Crippen molar-refractivity contribution in [1.82, 2.24) is 14.5 Å². The second kappa shape index (κ2) is 4.97.